The highest BCUT2D eigenvalue weighted by Crippen LogP contribution is 2.55. The van der Waals surface area contributed by atoms with Crippen LogP contribution in [0.5, 0.6) is 5.75 Å². The van der Waals surface area contributed by atoms with Crippen LogP contribution in [0.1, 0.15) is 12.1 Å². The van der Waals surface area contributed by atoms with Crippen molar-refractivity contribution < 1.29 is 18.4 Å². The smallest absolute Gasteiger partial charge is 0.185 e. The van der Waals surface area contributed by atoms with Crippen molar-refractivity contribution in [1.29, 1.82) is 0 Å². The molecular formula is C22H23N5O4S. The summed E-state index contributed by atoms with van der Waals surface area (Å²) in [6.45, 7) is 3.46. The maximum Gasteiger partial charge on any atom is 0.185 e. The van der Waals surface area contributed by atoms with E-state index in [1.807, 2.05) is 24.6 Å². The van der Waals surface area contributed by atoms with Crippen LogP contribution in [-0.4, -0.2) is 80.9 Å². The molecule has 10 heteroatoms. The minimum atomic E-state index is -2.23. The van der Waals surface area contributed by atoms with E-state index in [0.29, 0.717) is 51.0 Å². The summed E-state index contributed by atoms with van der Waals surface area (Å²) < 4.78 is 30.7. The van der Waals surface area contributed by atoms with Gasteiger partial charge in [0.1, 0.15) is 22.7 Å². The molecule has 4 aliphatic heterocycles. The Labute approximate surface area is 185 Å². The second-order valence-corrected chi connectivity index (χ2v) is 11.7. The maximum atomic E-state index is 13.7. The monoisotopic (exact) mass is 453 g/mol. The first-order valence-corrected chi connectivity index (χ1v) is 12.8. The van der Waals surface area contributed by atoms with Crippen LogP contribution in [0.15, 0.2) is 24.5 Å². The Bertz CT molecular complexity index is 1390. The Kier molecular flexibility index (Phi) is 3.79. The number of aromatic amines is 1. The lowest BCUT2D eigenvalue weighted by Gasteiger charge is -2.41. The van der Waals surface area contributed by atoms with Crippen LogP contribution in [0.25, 0.3) is 22.4 Å². The van der Waals surface area contributed by atoms with Gasteiger partial charge in [-0.1, -0.05) is 0 Å². The van der Waals surface area contributed by atoms with Crippen LogP contribution in [0.3, 0.4) is 0 Å². The van der Waals surface area contributed by atoms with Crippen molar-refractivity contribution in [3.8, 4) is 17.1 Å². The fourth-order valence-corrected chi connectivity index (χ4v) is 8.40. The van der Waals surface area contributed by atoms with Crippen molar-refractivity contribution in [3.05, 3.63) is 30.2 Å². The molecule has 1 N–H and O–H groups in total. The number of H-pyrrole nitrogens is 1. The van der Waals surface area contributed by atoms with Gasteiger partial charge in [0, 0.05) is 47.6 Å². The second kappa shape index (κ2) is 6.43. The van der Waals surface area contributed by atoms with Gasteiger partial charge in [-0.3, -0.25) is 4.21 Å². The van der Waals surface area contributed by atoms with E-state index in [4.69, 9.17) is 24.2 Å². The normalized spacial score (nSPS) is 31.0. The number of aromatic nitrogens is 4. The highest BCUT2D eigenvalue weighted by atomic mass is 32.2. The standard InChI is InChI=1S/C22H23N5O4S/c1-32(28)16-12-29-8-4-22(16,32)18-17-21(27-7-9-30-10-13(27)11-31-17)26-20(25-18)15-3-6-24-19-14(15)2-5-23-19/h2-3,5-6,13H,4,7-12H2,1H3,(H,23,24). The van der Waals surface area contributed by atoms with Gasteiger partial charge in [0.25, 0.3) is 0 Å². The first-order valence-electron chi connectivity index (χ1n) is 10.9. The number of morpholine rings is 1. The fourth-order valence-electron chi connectivity index (χ4n) is 5.47. The Hall–Kier alpha value is -2.69. The maximum absolute atomic E-state index is 13.7. The Morgan fingerprint density at radius 1 is 1.22 bits per heavy atom. The summed E-state index contributed by atoms with van der Waals surface area (Å²) in [6, 6.07) is 4.03. The lowest BCUT2D eigenvalue weighted by Crippen LogP contribution is -2.52. The summed E-state index contributed by atoms with van der Waals surface area (Å²) in [5.74, 6) is 2.04. The van der Waals surface area contributed by atoms with Gasteiger partial charge in [-0.2, -0.15) is 0 Å². The molecular weight excluding hydrogens is 430 g/mol. The predicted octanol–water partition coefficient (Wildman–Crippen LogP) is 1.33. The molecule has 0 amide bonds. The number of fused-ring (bicyclic) bond motifs is 5. The summed E-state index contributed by atoms with van der Waals surface area (Å²) in [6.07, 6.45) is 6.11. The van der Waals surface area contributed by atoms with Gasteiger partial charge in [-0.15, -0.1) is 0 Å². The van der Waals surface area contributed by atoms with Gasteiger partial charge in [0.15, 0.2) is 17.4 Å². The van der Waals surface area contributed by atoms with E-state index >= 15 is 0 Å². The van der Waals surface area contributed by atoms with Crippen molar-refractivity contribution in [1.82, 2.24) is 19.9 Å². The molecule has 166 valence electrons. The van der Waals surface area contributed by atoms with Crippen molar-refractivity contribution in [3.63, 3.8) is 0 Å². The molecule has 7 rings (SSSR count). The fraction of sp³-hybridized carbons (Fsp3) is 0.455. The number of anilines is 1. The van der Waals surface area contributed by atoms with Crippen molar-refractivity contribution >= 4 is 31.2 Å². The van der Waals surface area contributed by atoms with Gasteiger partial charge < -0.3 is 24.1 Å². The number of hydrogen-bond donors (Lipinski definition) is 1. The summed E-state index contributed by atoms with van der Waals surface area (Å²) >= 11 is 0. The molecule has 0 aromatic carbocycles. The molecule has 32 heavy (non-hydrogen) atoms. The molecule has 0 spiro atoms. The van der Waals surface area contributed by atoms with E-state index in [-0.39, 0.29) is 6.04 Å². The first kappa shape index (κ1) is 18.8. The third-order valence-corrected chi connectivity index (χ3v) is 10.4. The molecule has 0 saturated carbocycles. The summed E-state index contributed by atoms with van der Waals surface area (Å²) in [4.78, 5) is 20.9. The average molecular weight is 454 g/mol. The summed E-state index contributed by atoms with van der Waals surface area (Å²) in [5, 5.41) is 0.954. The quantitative estimate of drug-likeness (QED) is 0.580. The highest BCUT2D eigenvalue weighted by Gasteiger charge is 2.63. The molecule has 0 bridgehead atoms. The number of hydrogen-bond acceptors (Lipinski definition) is 8. The topological polar surface area (TPSA) is 102 Å². The van der Waals surface area contributed by atoms with Gasteiger partial charge >= 0.3 is 0 Å². The number of nitrogens with zero attached hydrogens (tertiary/aromatic N) is 4. The molecule has 2 fully saturated rings. The molecule has 9 nitrogen and oxygen atoms in total. The van der Waals surface area contributed by atoms with Crippen LogP contribution in [0, 0.1) is 0 Å². The third-order valence-electron chi connectivity index (χ3n) is 7.23. The number of ether oxygens (including phenoxy) is 3. The number of pyridine rings is 1. The molecule has 7 heterocycles. The average Bonchev–Trinajstić information content (AvgIpc) is 3.12. The molecule has 3 aromatic heterocycles. The zero-order valence-corrected chi connectivity index (χ0v) is 18.5. The zero-order valence-electron chi connectivity index (χ0n) is 17.7. The van der Waals surface area contributed by atoms with Gasteiger partial charge in [-0.25, -0.2) is 15.0 Å². The van der Waals surface area contributed by atoms with E-state index in [2.05, 4.69) is 14.9 Å². The molecule has 2 saturated heterocycles. The van der Waals surface area contributed by atoms with Crippen LogP contribution in [-0.2, 0) is 23.7 Å². The van der Waals surface area contributed by atoms with Crippen molar-refractivity contribution in [2.24, 2.45) is 0 Å². The summed E-state index contributed by atoms with van der Waals surface area (Å²) in [7, 11) is -2.23. The number of rotatable bonds is 2. The zero-order chi connectivity index (χ0) is 21.5. The summed E-state index contributed by atoms with van der Waals surface area (Å²) in [5.41, 5.74) is 2.42. The van der Waals surface area contributed by atoms with E-state index in [1.54, 1.807) is 6.20 Å². The van der Waals surface area contributed by atoms with Crippen molar-refractivity contribution in [2.45, 2.75) is 17.2 Å². The molecule has 3 aromatic rings. The Morgan fingerprint density at radius 2 is 2.16 bits per heavy atom. The molecule has 4 aliphatic rings. The SMILES string of the molecule is CS1(=O)=C2COCCC21c1nc(-c2ccnc3[nH]ccc23)nc2c1OCC1COCCN21. The van der Waals surface area contributed by atoms with E-state index in [1.165, 1.54) is 0 Å². The van der Waals surface area contributed by atoms with Crippen LogP contribution < -0.4 is 9.64 Å². The third kappa shape index (κ3) is 2.32. The van der Waals surface area contributed by atoms with Gasteiger partial charge in [0.2, 0.25) is 0 Å². The van der Waals surface area contributed by atoms with Gasteiger partial charge in [0.05, 0.1) is 25.9 Å². The Morgan fingerprint density at radius 3 is 3.06 bits per heavy atom. The van der Waals surface area contributed by atoms with Crippen LogP contribution in [0.4, 0.5) is 5.82 Å². The van der Waals surface area contributed by atoms with Crippen LogP contribution >= 0.6 is 0 Å². The van der Waals surface area contributed by atoms with E-state index in [0.717, 1.165) is 39.5 Å². The Balaban J connectivity index is 1.49. The van der Waals surface area contributed by atoms with E-state index < -0.39 is 14.3 Å². The largest absolute Gasteiger partial charge is 0.486 e. The molecule has 0 radical (unpaired) electrons. The minimum absolute atomic E-state index is 0.109. The first-order chi connectivity index (χ1) is 15.6. The molecule has 0 aliphatic carbocycles. The van der Waals surface area contributed by atoms with Crippen LogP contribution in [0.2, 0.25) is 0 Å². The molecule has 3 unspecified atom stereocenters. The second-order valence-electron chi connectivity index (χ2n) is 8.78. The predicted molar refractivity (Wildman–Crippen MR) is 121 cm³/mol. The highest BCUT2D eigenvalue weighted by molar-refractivity contribution is 8.12. The van der Waals surface area contributed by atoms with E-state index in [9.17, 15) is 4.21 Å². The molecule has 3 atom stereocenters. The lowest BCUT2D eigenvalue weighted by molar-refractivity contribution is 0.0690. The number of nitrogens with one attached hydrogen (secondary N) is 1. The minimum Gasteiger partial charge on any atom is -0.486 e. The van der Waals surface area contributed by atoms with Gasteiger partial charge in [-0.05, 0) is 28.1 Å². The lowest BCUT2D eigenvalue weighted by atomic mass is 9.94. The van der Waals surface area contributed by atoms with Crippen molar-refractivity contribution in [2.75, 3.05) is 50.7 Å².